The van der Waals surface area contributed by atoms with Gasteiger partial charge >= 0.3 is 5.92 Å². The summed E-state index contributed by atoms with van der Waals surface area (Å²) >= 11 is 0. The van der Waals surface area contributed by atoms with Crippen molar-refractivity contribution in [3.8, 4) is 0 Å². The zero-order valence-corrected chi connectivity index (χ0v) is 12.5. The van der Waals surface area contributed by atoms with Crippen LogP contribution in [0.5, 0.6) is 0 Å². The number of nitrogens with one attached hydrogen (secondary N) is 1. The first kappa shape index (κ1) is 16.9. The lowest BCUT2D eigenvalue weighted by Crippen LogP contribution is -2.45. The summed E-state index contributed by atoms with van der Waals surface area (Å²) in [6, 6.07) is 0. The fourth-order valence-electron chi connectivity index (χ4n) is 2.63. The number of aryl methyl sites for hydroxylation is 1. The smallest absolute Gasteiger partial charge is 0.302 e. The molecule has 0 unspecified atom stereocenters. The number of halogens is 2. The Hall–Kier alpha value is -2.48. The lowest BCUT2D eigenvalue weighted by Gasteiger charge is -2.34. The second kappa shape index (κ2) is 6.74. The van der Waals surface area contributed by atoms with Crippen LogP contribution in [0.25, 0.3) is 0 Å². The molecule has 0 bridgehead atoms. The Morgan fingerprint density at radius 2 is 2.22 bits per heavy atom. The fraction of sp³-hybridized carbons (Fsp3) is 0.615. The van der Waals surface area contributed by atoms with Gasteiger partial charge in [0.25, 0.3) is 0 Å². The summed E-state index contributed by atoms with van der Waals surface area (Å²) in [7, 11) is 0. The molecule has 0 aliphatic carbocycles. The van der Waals surface area contributed by atoms with E-state index in [0.717, 1.165) is 11.1 Å². The van der Waals surface area contributed by atoms with Crippen LogP contribution < -0.4 is 10.0 Å². The van der Waals surface area contributed by atoms with Crippen molar-refractivity contribution in [2.24, 2.45) is 5.11 Å². The highest BCUT2D eigenvalue weighted by molar-refractivity contribution is 5.62. The van der Waals surface area contributed by atoms with Crippen LogP contribution in [-0.4, -0.2) is 40.6 Å². The van der Waals surface area contributed by atoms with Gasteiger partial charge in [-0.1, -0.05) is 0 Å². The molecule has 23 heavy (non-hydrogen) atoms. The minimum absolute atomic E-state index is 0.209. The van der Waals surface area contributed by atoms with E-state index >= 15 is 0 Å². The fourth-order valence-corrected chi connectivity index (χ4v) is 2.63. The number of carbonyl (C=O) groups excluding carboxylic acids is 1. The molecule has 8 nitrogen and oxygen atoms in total. The van der Waals surface area contributed by atoms with Gasteiger partial charge in [-0.25, -0.2) is 9.97 Å². The number of hydrogen-bond acceptors (Lipinski definition) is 6. The van der Waals surface area contributed by atoms with Crippen LogP contribution in [0, 0.1) is 12.5 Å². The van der Waals surface area contributed by atoms with E-state index < -0.39 is 18.6 Å². The van der Waals surface area contributed by atoms with Gasteiger partial charge in [-0.3, -0.25) is 0 Å². The summed E-state index contributed by atoms with van der Waals surface area (Å²) in [4.78, 5) is 22.6. The highest BCUT2D eigenvalue weighted by Crippen LogP contribution is 2.36. The van der Waals surface area contributed by atoms with Gasteiger partial charge in [0.2, 0.25) is 4.91 Å². The first-order valence-corrected chi connectivity index (χ1v) is 7.06. The highest BCUT2D eigenvalue weighted by Gasteiger charge is 2.39. The van der Waals surface area contributed by atoms with Gasteiger partial charge < -0.3 is 14.8 Å². The molecule has 2 heterocycles. The third kappa shape index (κ3) is 3.84. The van der Waals surface area contributed by atoms with Crippen molar-refractivity contribution in [2.45, 2.75) is 31.6 Å². The van der Waals surface area contributed by atoms with Crippen LogP contribution in [0.15, 0.2) is 11.3 Å². The molecule has 1 N–H and O–H groups in total. The minimum Gasteiger partial charge on any atom is -0.530 e. The Labute approximate surface area is 130 Å². The van der Waals surface area contributed by atoms with Crippen molar-refractivity contribution in [2.75, 3.05) is 19.6 Å². The van der Waals surface area contributed by atoms with E-state index in [2.05, 4.69) is 20.0 Å². The second-order valence-electron chi connectivity index (χ2n) is 5.35. The first-order valence-electron chi connectivity index (χ1n) is 7.06. The van der Waals surface area contributed by atoms with Crippen LogP contribution >= 0.6 is 0 Å². The molecule has 124 valence electrons. The normalized spacial score (nSPS) is 16.0. The van der Waals surface area contributed by atoms with E-state index in [4.69, 9.17) is 5.53 Å². The molecular formula is C13H16F2N6O2. The number of likely N-dealkylation sites (tertiary alicyclic amines) is 1. The summed E-state index contributed by atoms with van der Waals surface area (Å²) in [6.07, 6.45) is 0.576. The number of nitrogens with zero attached hydrogens (tertiary/aromatic N) is 5. The lowest BCUT2D eigenvalue weighted by atomic mass is 9.89. The van der Waals surface area contributed by atoms with Crippen molar-refractivity contribution in [3.05, 3.63) is 23.3 Å². The number of carboxylic acid groups (broad SMARTS) is 1. The van der Waals surface area contributed by atoms with Crippen LogP contribution in [-0.2, 0) is 5.92 Å². The number of aromatic nitrogens is 2. The molecule has 1 fully saturated rings. The Morgan fingerprint density at radius 3 is 2.78 bits per heavy atom. The predicted molar refractivity (Wildman–Crippen MR) is 71.8 cm³/mol. The summed E-state index contributed by atoms with van der Waals surface area (Å²) in [5.41, 5.74) is 6.38. The van der Waals surface area contributed by atoms with Gasteiger partial charge in [0.15, 0.2) is 6.54 Å². The SMILES string of the molecule is Cc1ncc(C(F)(F)CN=[N+]=N)c(C2CCN(C(=O)[O-])CC2)n1. The van der Waals surface area contributed by atoms with Crippen molar-refractivity contribution in [1.82, 2.24) is 19.8 Å². The molecule has 0 spiro atoms. The van der Waals surface area contributed by atoms with Crippen molar-refractivity contribution in [3.63, 3.8) is 0 Å². The lowest BCUT2D eigenvalue weighted by molar-refractivity contribution is -0.266. The van der Waals surface area contributed by atoms with Crippen LogP contribution in [0.2, 0.25) is 0 Å². The quantitative estimate of drug-likeness (QED) is 0.654. The molecule has 1 aliphatic heterocycles. The Bertz CT molecular complexity index is 639. The minimum atomic E-state index is -3.33. The number of hydrogen-bond donors (Lipinski definition) is 1. The summed E-state index contributed by atoms with van der Waals surface area (Å²) in [6.45, 7) is 1.08. The average molecular weight is 326 g/mol. The number of rotatable bonds is 4. The second-order valence-corrected chi connectivity index (χ2v) is 5.35. The van der Waals surface area contributed by atoms with Crippen molar-refractivity contribution < 1.29 is 18.7 Å². The molecule has 0 aromatic carbocycles. The van der Waals surface area contributed by atoms with Crippen molar-refractivity contribution >= 4 is 6.09 Å². The maximum atomic E-state index is 14.3. The Morgan fingerprint density at radius 1 is 1.57 bits per heavy atom. The van der Waals surface area contributed by atoms with Gasteiger partial charge in [0, 0.05) is 25.2 Å². The maximum absolute atomic E-state index is 14.3. The maximum Gasteiger partial charge on any atom is 0.302 e. The van der Waals surface area contributed by atoms with Crippen LogP contribution in [0.1, 0.15) is 35.8 Å². The van der Waals surface area contributed by atoms with E-state index in [0.29, 0.717) is 18.7 Å². The predicted octanol–water partition coefficient (Wildman–Crippen LogP) is 0.950. The molecule has 2 rings (SSSR count). The molecule has 0 atom stereocenters. The van der Waals surface area contributed by atoms with Gasteiger partial charge in [-0.05, 0) is 19.8 Å². The summed E-state index contributed by atoms with van der Waals surface area (Å²) < 4.78 is 28.5. The van der Waals surface area contributed by atoms with E-state index in [1.54, 1.807) is 6.92 Å². The standard InChI is InChI=1S/C13H16F2N6O2/c1-8-17-6-10(13(14,15)7-18-20-16)11(19-8)9-2-4-21(5-3-9)12(22)23/h6,9,16H,2-5,7H2,1H3. The molecule has 0 radical (unpaired) electrons. The molecule has 1 aliphatic rings. The van der Waals surface area contributed by atoms with E-state index in [1.807, 2.05) is 0 Å². The number of carbonyl (C=O) groups is 1. The van der Waals surface area contributed by atoms with Crippen LogP contribution in [0.3, 0.4) is 0 Å². The molecule has 1 aromatic heterocycles. The molecule has 1 aromatic rings. The van der Waals surface area contributed by atoms with Crippen molar-refractivity contribution in [1.29, 1.82) is 5.53 Å². The molecule has 1 saturated heterocycles. The van der Waals surface area contributed by atoms with Gasteiger partial charge in [0.05, 0.1) is 11.3 Å². The Balaban J connectivity index is 2.29. The molecule has 1 amide bonds. The van der Waals surface area contributed by atoms with E-state index in [1.165, 1.54) is 0 Å². The third-order valence-corrected chi connectivity index (χ3v) is 3.81. The van der Waals surface area contributed by atoms with E-state index in [9.17, 15) is 18.7 Å². The van der Waals surface area contributed by atoms with E-state index in [-0.39, 0.29) is 30.3 Å². The molecule has 0 saturated carbocycles. The summed E-state index contributed by atoms with van der Waals surface area (Å²) in [5, 5.41) is 13.9. The zero-order chi connectivity index (χ0) is 17.0. The largest absolute Gasteiger partial charge is 0.530 e. The third-order valence-electron chi connectivity index (χ3n) is 3.81. The molecule has 10 heteroatoms. The topological polar surface area (TPSA) is 119 Å². The molecular weight excluding hydrogens is 310 g/mol. The number of alkyl halides is 2. The average Bonchev–Trinajstić information content (AvgIpc) is 2.52. The number of amides is 1. The highest BCUT2D eigenvalue weighted by atomic mass is 19.3. The van der Waals surface area contributed by atoms with Crippen LogP contribution in [0.4, 0.5) is 13.6 Å². The summed E-state index contributed by atoms with van der Waals surface area (Å²) in [5.74, 6) is -3.26. The van der Waals surface area contributed by atoms with Gasteiger partial charge in [-0.2, -0.15) is 8.78 Å². The van der Waals surface area contributed by atoms with Gasteiger partial charge in [0.1, 0.15) is 22.6 Å². The first-order chi connectivity index (χ1) is 10.8. The Kier molecular flexibility index (Phi) is 4.95. The van der Waals surface area contributed by atoms with Gasteiger partial charge in [-0.15, -0.1) is 0 Å². The monoisotopic (exact) mass is 326 g/mol. The zero-order valence-electron chi connectivity index (χ0n) is 12.5. The number of piperidine rings is 1.